The molecule has 0 aliphatic heterocycles. The molecule has 1 heteroatoms. The van der Waals surface area contributed by atoms with Gasteiger partial charge in [0.2, 0.25) is 0 Å². The molecule has 1 aromatic rings. The fourth-order valence-electron chi connectivity index (χ4n) is 5.53. The van der Waals surface area contributed by atoms with E-state index in [2.05, 4.69) is 49.7 Å². The van der Waals surface area contributed by atoms with Crippen LogP contribution in [0.2, 0.25) is 0 Å². The van der Waals surface area contributed by atoms with Gasteiger partial charge in [-0.05, 0) is 12.8 Å². The quantitative estimate of drug-likeness (QED) is 0.0905. The number of rotatable bonds is 26. The van der Waals surface area contributed by atoms with Gasteiger partial charge in [-0.2, -0.15) is 0 Å². The first-order chi connectivity index (χ1) is 17.3. The van der Waals surface area contributed by atoms with Crippen molar-refractivity contribution in [1.82, 2.24) is 0 Å². The van der Waals surface area contributed by atoms with E-state index >= 15 is 0 Å². The highest BCUT2D eigenvalue weighted by molar-refractivity contribution is 5.02. The molecule has 0 N–H and O–H groups in total. The molecule has 1 aromatic heterocycles. The normalized spacial score (nSPS) is 12.3. The Kier molecular flexibility index (Phi) is 22.8. The largest absolute Gasteiger partial charge is 0.202 e. The molecule has 1 rings (SSSR count). The summed E-state index contributed by atoms with van der Waals surface area (Å²) in [6, 6.07) is 6.83. The van der Waals surface area contributed by atoms with Crippen molar-refractivity contribution in [2.75, 3.05) is 0 Å². The standard InChI is InChI=1S/C34H64N/c1-4-6-8-10-12-13-14-15-16-17-18-19-20-22-24-27-31-35-32-28-26-30-34(35)33(3)29-25-23-21-11-9-7-5-2/h26,28,30,32-33H,4-25,27,29,31H2,1-3H3/q+1. The zero-order valence-electron chi connectivity index (χ0n) is 24.5. The van der Waals surface area contributed by atoms with E-state index in [4.69, 9.17) is 0 Å². The maximum absolute atomic E-state index is 2.55. The molecule has 0 spiro atoms. The number of hydrogen-bond donors (Lipinski definition) is 0. The Morgan fingerprint density at radius 1 is 0.514 bits per heavy atom. The van der Waals surface area contributed by atoms with E-state index in [0.717, 1.165) is 0 Å². The highest BCUT2D eigenvalue weighted by Crippen LogP contribution is 2.20. The summed E-state index contributed by atoms with van der Waals surface area (Å²) in [4.78, 5) is 0. The molecule has 1 nitrogen and oxygen atoms in total. The first-order valence-electron chi connectivity index (χ1n) is 16.3. The molecule has 0 radical (unpaired) electrons. The van der Waals surface area contributed by atoms with Gasteiger partial charge in [0, 0.05) is 24.5 Å². The summed E-state index contributed by atoms with van der Waals surface area (Å²) in [5.41, 5.74) is 1.56. The molecule has 0 aliphatic carbocycles. The summed E-state index contributed by atoms with van der Waals surface area (Å²) < 4.78 is 2.55. The van der Waals surface area contributed by atoms with Gasteiger partial charge in [-0.15, -0.1) is 0 Å². The third kappa shape index (κ3) is 19.0. The number of aryl methyl sites for hydroxylation is 1. The van der Waals surface area contributed by atoms with Gasteiger partial charge in [-0.1, -0.05) is 162 Å². The Morgan fingerprint density at radius 2 is 0.914 bits per heavy atom. The lowest BCUT2D eigenvalue weighted by atomic mass is 9.97. The van der Waals surface area contributed by atoms with Crippen molar-refractivity contribution in [3.05, 3.63) is 30.1 Å². The van der Waals surface area contributed by atoms with Crippen LogP contribution in [0, 0.1) is 0 Å². The second-order valence-electron chi connectivity index (χ2n) is 11.4. The highest BCUT2D eigenvalue weighted by Gasteiger charge is 2.16. The van der Waals surface area contributed by atoms with Crippen LogP contribution < -0.4 is 4.57 Å². The Bertz CT molecular complexity index is 551. The minimum absolute atomic E-state index is 0.688. The highest BCUT2D eigenvalue weighted by atomic mass is 15.0. The van der Waals surface area contributed by atoms with Crippen LogP contribution in [0.3, 0.4) is 0 Å². The summed E-state index contributed by atoms with van der Waals surface area (Å²) in [5, 5.41) is 0. The van der Waals surface area contributed by atoms with Crippen LogP contribution >= 0.6 is 0 Å². The van der Waals surface area contributed by atoms with E-state index in [-0.39, 0.29) is 0 Å². The van der Waals surface area contributed by atoms with Gasteiger partial charge in [0.1, 0.15) is 6.54 Å². The summed E-state index contributed by atoms with van der Waals surface area (Å²) in [5.74, 6) is 0.688. The predicted octanol–water partition coefficient (Wildman–Crippen LogP) is 11.5. The minimum atomic E-state index is 0.688. The van der Waals surface area contributed by atoms with Crippen molar-refractivity contribution in [2.24, 2.45) is 0 Å². The molecular formula is C34H64N+. The molecule has 0 aromatic carbocycles. The van der Waals surface area contributed by atoms with Gasteiger partial charge in [0.05, 0.1) is 0 Å². The van der Waals surface area contributed by atoms with Gasteiger partial charge in [0.25, 0.3) is 0 Å². The van der Waals surface area contributed by atoms with Gasteiger partial charge >= 0.3 is 0 Å². The molecule has 1 heterocycles. The van der Waals surface area contributed by atoms with Crippen molar-refractivity contribution < 1.29 is 4.57 Å². The van der Waals surface area contributed by atoms with E-state index in [0.29, 0.717) is 5.92 Å². The average molecular weight is 487 g/mol. The fraction of sp³-hybridized carbons (Fsp3) is 0.853. The lowest BCUT2D eigenvalue weighted by Crippen LogP contribution is -2.38. The van der Waals surface area contributed by atoms with E-state index in [9.17, 15) is 0 Å². The smallest absolute Gasteiger partial charge is 0.184 e. The number of aromatic nitrogens is 1. The lowest BCUT2D eigenvalue weighted by molar-refractivity contribution is -0.705. The van der Waals surface area contributed by atoms with Crippen molar-refractivity contribution >= 4 is 0 Å². The van der Waals surface area contributed by atoms with Crippen molar-refractivity contribution in [2.45, 2.75) is 187 Å². The molecule has 0 saturated heterocycles. The topological polar surface area (TPSA) is 3.88 Å². The monoisotopic (exact) mass is 487 g/mol. The van der Waals surface area contributed by atoms with Crippen molar-refractivity contribution in [3.63, 3.8) is 0 Å². The minimum Gasteiger partial charge on any atom is -0.202 e. The van der Waals surface area contributed by atoms with Gasteiger partial charge < -0.3 is 0 Å². The van der Waals surface area contributed by atoms with E-state index in [1.54, 1.807) is 5.69 Å². The summed E-state index contributed by atoms with van der Waals surface area (Å²) in [6.07, 6.45) is 36.6. The summed E-state index contributed by atoms with van der Waals surface area (Å²) in [7, 11) is 0. The molecule has 0 bridgehead atoms. The number of hydrogen-bond acceptors (Lipinski definition) is 0. The molecule has 0 fully saturated rings. The molecule has 0 aliphatic rings. The fourth-order valence-corrected chi connectivity index (χ4v) is 5.53. The molecular weight excluding hydrogens is 422 g/mol. The van der Waals surface area contributed by atoms with E-state index in [1.165, 1.54) is 161 Å². The molecule has 1 unspecified atom stereocenters. The number of nitrogens with zero attached hydrogens (tertiary/aromatic N) is 1. The zero-order chi connectivity index (χ0) is 25.2. The maximum atomic E-state index is 2.55. The first-order valence-corrected chi connectivity index (χ1v) is 16.3. The van der Waals surface area contributed by atoms with Crippen LogP contribution in [0.15, 0.2) is 24.4 Å². The van der Waals surface area contributed by atoms with Gasteiger partial charge in [-0.3, -0.25) is 0 Å². The third-order valence-corrected chi connectivity index (χ3v) is 7.97. The van der Waals surface area contributed by atoms with Gasteiger partial charge in [-0.25, -0.2) is 4.57 Å². The van der Waals surface area contributed by atoms with Crippen molar-refractivity contribution in [1.29, 1.82) is 0 Å². The Balaban J connectivity index is 2.00. The molecule has 0 amide bonds. The average Bonchev–Trinajstić information content (AvgIpc) is 2.88. The SMILES string of the molecule is CCCCCCCCCCCCCCCCCC[n+]1ccccc1C(C)CCCCCCCCC. The Hall–Kier alpha value is -0.850. The second kappa shape index (κ2) is 24.8. The second-order valence-corrected chi connectivity index (χ2v) is 11.4. The van der Waals surface area contributed by atoms with Gasteiger partial charge in [0.15, 0.2) is 11.9 Å². The number of unbranched alkanes of at least 4 members (excludes halogenated alkanes) is 21. The molecule has 35 heavy (non-hydrogen) atoms. The van der Waals surface area contributed by atoms with E-state index in [1.807, 2.05) is 0 Å². The van der Waals surface area contributed by atoms with Crippen LogP contribution in [0.25, 0.3) is 0 Å². The molecule has 204 valence electrons. The zero-order valence-corrected chi connectivity index (χ0v) is 24.5. The lowest BCUT2D eigenvalue weighted by Gasteiger charge is -2.11. The third-order valence-electron chi connectivity index (χ3n) is 7.97. The van der Waals surface area contributed by atoms with Crippen molar-refractivity contribution in [3.8, 4) is 0 Å². The Morgan fingerprint density at radius 3 is 1.37 bits per heavy atom. The van der Waals surface area contributed by atoms with Crippen LogP contribution in [-0.4, -0.2) is 0 Å². The Labute approximate surface area is 221 Å². The van der Waals surface area contributed by atoms with Crippen LogP contribution in [0.4, 0.5) is 0 Å². The number of pyridine rings is 1. The van der Waals surface area contributed by atoms with Crippen LogP contribution in [0.1, 0.15) is 186 Å². The summed E-state index contributed by atoms with van der Waals surface area (Å²) >= 11 is 0. The molecule has 1 atom stereocenters. The first kappa shape index (κ1) is 32.2. The predicted molar refractivity (Wildman–Crippen MR) is 157 cm³/mol. The van der Waals surface area contributed by atoms with Crippen LogP contribution in [-0.2, 0) is 6.54 Å². The molecule has 0 saturated carbocycles. The summed E-state index contributed by atoms with van der Waals surface area (Å²) in [6.45, 7) is 8.25. The maximum Gasteiger partial charge on any atom is 0.184 e. The van der Waals surface area contributed by atoms with Crippen LogP contribution in [0.5, 0.6) is 0 Å². The van der Waals surface area contributed by atoms with E-state index < -0.39 is 0 Å².